The van der Waals surface area contributed by atoms with Gasteiger partial charge in [-0.1, -0.05) is 12.1 Å². The van der Waals surface area contributed by atoms with Crippen LogP contribution in [0.3, 0.4) is 0 Å². The fourth-order valence-corrected chi connectivity index (χ4v) is 2.67. The lowest BCUT2D eigenvalue weighted by Gasteiger charge is -2.10. The fourth-order valence-electron chi connectivity index (χ4n) is 1.70. The van der Waals surface area contributed by atoms with E-state index in [2.05, 4.69) is 21.7 Å². The van der Waals surface area contributed by atoms with Crippen LogP contribution in [0.4, 0.5) is 0 Å². The molecule has 2 rings (SSSR count). The molecule has 0 saturated heterocycles. The van der Waals surface area contributed by atoms with E-state index in [0.29, 0.717) is 25.4 Å². The van der Waals surface area contributed by atoms with Crippen LogP contribution in [0.15, 0.2) is 24.3 Å². The SMILES string of the molecule is CNC(C)CNC(=O)CCc1nc2ccccc2s1.Cl. The summed E-state index contributed by atoms with van der Waals surface area (Å²) in [6.45, 7) is 2.70. The molecule has 1 unspecified atom stereocenters. The summed E-state index contributed by atoms with van der Waals surface area (Å²) >= 11 is 1.66. The number of nitrogens with zero attached hydrogens (tertiary/aromatic N) is 1. The zero-order valence-electron chi connectivity index (χ0n) is 11.7. The Morgan fingerprint density at radius 2 is 2.15 bits per heavy atom. The molecule has 0 radical (unpaired) electrons. The predicted molar refractivity (Wildman–Crippen MR) is 86.7 cm³/mol. The molecule has 0 fully saturated rings. The highest BCUT2D eigenvalue weighted by Crippen LogP contribution is 2.22. The van der Waals surface area contributed by atoms with Crippen molar-refractivity contribution in [2.75, 3.05) is 13.6 Å². The Kier molecular flexibility index (Phi) is 6.91. The van der Waals surface area contributed by atoms with Crippen LogP contribution in [0.2, 0.25) is 0 Å². The minimum atomic E-state index is 0. The average Bonchev–Trinajstić information content (AvgIpc) is 2.85. The van der Waals surface area contributed by atoms with Gasteiger partial charge in [0.25, 0.3) is 0 Å². The van der Waals surface area contributed by atoms with Gasteiger partial charge in [-0.25, -0.2) is 4.98 Å². The summed E-state index contributed by atoms with van der Waals surface area (Å²) in [5.74, 6) is 0.0846. The largest absolute Gasteiger partial charge is 0.355 e. The monoisotopic (exact) mass is 313 g/mol. The van der Waals surface area contributed by atoms with Crippen molar-refractivity contribution in [2.45, 2.75) is 25.8 Å². The van der Waals surface area contributed by atoms with Gasteiger partial charge in [-0.3, -0.25) is 4.79 Å². The van der Waals surface area contributed by atoms with Crippen LogP contribution in [0.25, 0.3) is 10.2 Å². The second kappa shape index (κ2) is 8.19. The molecule has 0 aliphatic rings. The van der Waals surface area contributed by atoms with Crippen LogP contribution in [0.1, 0.15) is 18.4 Å². The van der Waals surface area contributed by atoms with Gasteiger partial charge in [-0.15, -0.1) is 23.7 Å². The Morgan fingerprint density at radius 3 is 2.85 bits per heavy atom. The van der Waals surface area contributed by atoms with Gasteiger partial charge >= 0.3 is 0 Å². The van der Waals surface area contributed by atoms with E-state index in [0.717, 1.165) is 10.5 Å². The van der Waals surface area contributed by atoms with Gasteiger partial charge in [0, 0.05) is 25.4 Å². The molecule has 4 nitrogen and oxygen atoms in total. The van der Waals surface area contributed by atoms with E-state index in [1.165, 1.54) is 4.70 Å². The van der Waals surface area contributed by atoms with Crippen molar-refractivity contribution in [3.63, 3.8) is 0 Å². The van der Waals surface area contributed by atoms with Crippen LogP contribution < -0.4 is 10.6 Å². The molecule has 0 aliphatic heterocycles. The van der Waals surface area contributed by atoms with Gasteiger partial charge < -0.3 is 10.6 Å². The number of nitrogens with one attached hydrogen (secondary N) is 2. The summed E-state index contributed by atoms with van der Waals surface area (Å²) in [5, 5.41) is 7.03. The number of amides is 1. The summed E-state index contributed by atoms with van der Waals surface area (Å²) in [6.07, 6.45) is 1.20. The number of hydrogen-bond acceptors (Lipinski definition) is 4. The number of likely N-dealkylation sites (N-methyl/N-ethyl adjacent to an activating group) is 1. The lowest BCUT2D eigenvalue weighted by atomic mass is 10.3. The second-order valence-corrected chi connectivity index (χ2v) is 5.68. The Balaban J connectivity index is 0.00000200. The number of benzene rings is 1. The Morgan fingerprint density at radius 1 is 1.40 bits per heavy atom. The Hall–Kier alpha value is -1.17. The van der Waals surface area contributed by atoms with Crippen molar-refractivity contribution in [1.82, 2.24) is 15.6 Å². The van der Waals surface area contributed by atoms with E-state index < -0.39 is 0 Å². The number of aryl methyl sites for hydroxylation is 1. The van der Waals surface area contributed by atoms with E-state index in [1.807, 2.05) is 32.2 Å². The van der Waals surface area contributed by atoms with E-state index in [-0.39, 0.29) is 18.3 Å². The second-order valence-electron chi connectivity index (χ2n) is 4.57. The first kappa shape index (κ1) is 16.9. The quantitative estimate of drug-likeness (QED) is 0.861. The van der Waals surface area contributed by atoms with Gasteiger partial charge in [0.2, 0.25) is 5.91 Å². The number of hydrogen-bond donors (Lipinski definition) is 2. The van der Waals surface area contributed by atoms with Crippen LogP contribution >= 0.6 is 23.7 Å². The smallest absolute Gasteiger partial charge is 0.220 e. The molecular formula is C14H20ClN3OS. The van der Waals surface area contributed by atoms with Crippen molar-refractivity contribution >= 4 is 39.9 Å². The van der Waals surface area contributed by atoms with Gasteiger partial charge in [0.1, 0.15) is 0 Å². The number of thiazole rings is 1. The molecule has 1 amide bonds. The fraction of sp³-hybridized carbons (Fsp3) is 0.429. The summed E-state index contributed by atoms with van der Waals surface area (Å²) in [4.78, 5) is 16.2. The number of rotatable bonds is 6. The van der Waals surface area contributed by atoms with Gasteiger partial charge in [-0.2, -0.15) is 0 Å². The Labute approximate surface area is 129 Å². The molecule has 0 saturated carbocycles. The maximum absolute atomic E-state index is 11.7. The zero-order chi connectivity index (χ0) is 13.7. The minimum Gasteiger partial charge on any atom is -0.355 e. The highest BCUT2D eigenvalue weighted by Gasteiger charge is 2.07. The Bertz CT molecular complexity index is 525. The van der Waals surface area contributed by atoms with E-state index in [4.69, 9.17) is 0 Å². The molecule has 6 heteroatoms. The standard InChI is InChI=1S/C14H19N3OS.ClH/c1-10(15-2)9-16-13(18)7-8-14-17-11-5-3-4-6-12(11)19-14;/h3-6,10,15H,7-9H2,1-2H3,(H,16,18);1H. The highest BCUT2D eigenvalue weighted by atomic mass is 35.5. The molecule has 0 spiro atoms. The van der Waals surface area contributed by atoms with E-state index in [9.17, 15) is 4.79 Å². The number of fused-ring (bicyclic) bond motifs is 1. The van der Waals surface area contributed by atoms with Gasteiger partial charge in [0.05, 0.1) is 15.2 Å². The lowest BCUT2D eigenvalue weighted by Crippen LogP contribution is -2.37. The number of aromatic nitrogens is 1. The third-order valence-electron chi connectivity index (χ3n) is 3.00. The highest BCUT2D eigenvalue weighted by molar-refractivity contribution is 7.18. The van der Waals surface area contributed by atoms with Crippen LogP contribution in [0.5, 0.6) is 0 Å². The molecule has 2 aromatic rings. The number of carbonyl (C=O) groups excluding carboxylic acids is 1. The topological polar surface area (TPSA) is 54.0 Å². The van der Waals surface area contributed by atoms with Crippen molar-refractivity contribution in [3.05, 3.63) is 29.3 Å². The van der Waals surface area contributed by atoms with Gasteiger partial charge in [-0.05, 0) is 26.1 Å². The van der Waals surface area contributed by atoms with Crippen molar-refractivity contribution in [1.29, 1.82) is 0 Å². The lowest BCUT2D eigenvalue weighted by molar-refractivity contribution is -0.121. The third kappa shape index (κ3) is 4.74. The molecule has 110 valence electrons. The molecule has 1 aromatic carbocycles. The molecule has 2 N–H and O–H groups in total. The van der Waals surface area contributed by atoms with Gasteiger partial charge in [0.15, 0.2) is 0 Å². The molecule has 1 heterocycles. The molecule has 0 bridgehead atoms. The molecule has 20 heavy (non-hydrogen) atoms. The summed E-state index contributed by atoms with van der Waals surface area (Å²) in [5.41, 5.74) is 1.02. The number of para-hydroxylation sites is 1. The first-order valence-electron chi connectivity index (χ1n) is 6.47. The first-order valence-corrected chi connectivity index (χ1v) is 7.29. The van der Waals surface area contributed by atoms with Crippen LogP contribution in [-0.4, -0.2) is 30.5 Å². The van der Waals surface area contributed by atoms with Crippen molar-refractivity contribution < 1.29 is 4.79 Å². The molecule has 1 atom stereocenters. The zero-order valence-corrected chi connectivity index (χ0v) is 13.3. The van der Waals surface area contributed by atoms with Crippen LogP contribution in [0, 0.1) is 0 Å². The molecular weight excluding hydrogens is 294 g/mol. The number of halogens is 1. The average molecular weight is 314 g/mol. The minimum absolute atomic E-state index is 0. The summed E-state index contributed by atoms with van der Waals surface area (Å²) < 4.78 is 1.18. The first-order chi connectivity index (χ1) is 9.19. The molecule has 0 aliphatic carbocycles. The van der Waals surface area contributed by atoms with E-state index >= 15 is 0 Å². The van der Waals surface area contributed by atoms with Crippen LogP contribution in [-0.2, 0) is 11.2 Å². The third-order valence-corrected chi connectivity index (χ3v) is 4.10. The van der Waals surface area contributed by atoms with Crippen molar-refractivity contribution in [3.8, 4) is 0 Å². The predicted octanol–water partition coefficient (Wildman–Crippen LogP) is 2.37. The normalized spacial score (nSPS) is 11.9. The summed E-state index contributed by atoms with van der Waals surface area (Å²) in [6, 6.07) is 8.36. The maximum Gasteiger partial charge on any atom is 0.220 e. The maximum atomic E-state index is 11.7. The van der Waals surface area contributed by atoms with E-state index in [1.54, 1.807) is 11.3 Å². The molecule has 1 aromatic heterocycles. The number of carbonyl (C=O) groups is 1. The summed E-state index contributed by atoms with van der Waals surface area (Å²) in [7, 11) is 1.89. The van der Waals surface area contributed by atoms with Crippen molar-refractivity contribution in [2.24, 2.45) is 0 Å².